The summed E-state index contributed by atoms with van der Waals surface area (Å²) in [5.74, 6) is -0.447. The molecule has 1 N–H and O–H groups in total. The first-order chi connectivity index (χ1) is 9.81. The maximum absolute atomic E-state index is 13.5. The molecule has 0 radical (unpaired) electrons. The van der Waals surface area contributed by atoms with Crippen molar-refractivity contribution in [3.8, 4) is 5.75 Å². The number of aromatic nitrogens is 1. The summed E-state index contributed by atoms with van der Waals surface area (Å²) in [4.78, 5) is 0. The number of aliphatic hydroxyl groups excluding tert-OH is 1. The first kappa shape index (κ1) is 15.4. The monoisotopic (exact) mass is 303 g/mol. The third-order valence-corrected chi connectivity index (χ3v) is 2.98. The van der Waals surface area contributed by atoms with E-state index in [9.17, 15) is 17.6 Å². The van der Waals surface area contributed by atoms with Crippen molar-refractivity contribution < 1.29 is 27.4 Å². The Labute approximate surface area is 118 Å². The number of methoxy groups -OCH3 is 1. The van der Waals surface area contributed by atoms with Gasteiger partial charge < -0.3 is 14.4 Å². The molecule has 1 unspecified atom stereocenters. The summed E-state index contributed by atoms with van der Waals surface area (Å²) in [6, 6.07) is 5.48. The predicted octanol–water partition coefficient (Wildman–Crippen LogP) is 3.28. The van der Waals surface area contributed by atoms with E-state index >= 15 is 0 Å². The van der Waals surface area contributed by atoms with Gasteiger partial charge in [-0.15, -0.1) is 0 Å². The molecular weight excluding hydrogens is 290 g/mol. The van der Waals surface area contributed by atoms with Crippen molar-refractivity contribution in [2.75, 3.05) is 7.11 Å². The Hall–Kier alpha value is -2.02. The number of halogens is 4. The third-order valence-electron chi connectivity index (χ3n) is 2.98. The molecule has 0 spiro atoms. The lowest BCUT2D eigenvalue weighted by molar-refractivity contribution is -0.206. The average molecular weight is 303 g/mol. The van der Waals surface area contributed by atoms with Gasteiger partial charge in [-0.1, -0.05) is 6.07 Å². The van der Waals surface area contributed by atoms with Crippen molar-refractivity contribution >= 4 is 0 Å². The van der Waals surface area contributed by atoms with Crippen LogP contribution < -0.4 is 4.74 Å². The van der Waals surface area contributed by atoms with Crippen LogP contribution in [0.2, 0.25) is 0 Å². The van der Waals surface area contributed by atoms with Gasteiger partial charge in [-0.25, -0.2) is 4.39 Å². The number of hydrogen-bond acceptors (Lipinski definition) is 2. The van der Waals surface area contributed by atoms with E-state index in [0.29, 0.717) is 5.56 Å². The van der Waals surface area contributed by atoms with Crippen LogP contribution >= 0.6 is 0 Å². The van der Waals surface area contributed by atoms with Crippen molar-refractivity contribution in [2.24, 2.45) is 0 Å². The van der Waals surface area contributed by atoms with Crippen molar-refractivity contribution in [2.45, 2.75) is 18.8 Å². The highest BCUT2D eigenvalue weighted by Gasteiger charge is 2.39. The minimum absolute atomic E-state index is 0.0967. The van der Waals surface area contributed by atoms with Gasteiger partial charge >= 0.3 is 6.18 Å². The zero-order valence-corrected chi connectivity index (χ0v) is 11.1. The summed E-state index contributed by atoms with van der Waals surface area (Å²) in [5, 5.41) is 9.13. The van der Waals surface area contributed by atoms with E-state index in [0.717, 1.165) is 0 Å². The van der Waals surface area contributed by atoms with Crippen molar-refractivity contribution in [1.29, 1.82) is 0 Å². The maximum atomic E-state index is 13.5. The summed E-state index contributed by atoms with van der Waals surface area (Å²) in [6.07, 6.45) is -4.66. The van der Waals surface area contributed by atoms with Crippen LogP contribution in [0.5, 0.6) is 5.75 Å². The summed E-state index contributed by atoms with van der Waals surface area (Å²) < 4.78 is 56.9. The molecule has 3 nitrogen and oxygen atoms in total. The number of hydrogen-bond donors (Lipinski definition) is 1. The predicted molar refractivity (Wildman–Crippen MR) is 67.5 cm³/mol. The molecule has 2 aromatic rings. The molecule has 1 heterocycles. The molecule has 0 bridgehead atoms. The number of alkyl halides is 3. The molecule has 114 valence electrons. The zero-order chi connectivity index (χ0) is 15.6. The summed E-state index contributed by atoms with van der Waals surface area (Å²) >= 11 is 0. The van der Waals surface area contributed by atoms with Gasteiger partial charge in [0, 0.05) is 24.5 Å². The first-order valence-corrected chi connectivity index (χ1v) is 6.04. The van der Waals surface area contributed by atoms with E-state index in [-0.39, 0.29) is 17.9 Å². The number of benzene rings is 1. The Morgan fingerprint density at radius 3 is 2.57 bits per heavy atom. The fraction of sp³-hybridized carbons (Fsp3) is 0.286. The highest BCUT2D eigenvalue weighted by molar-refractivity contribution is 5.29. The smallest absolute Gasteiger partial charge is 0.418 e. The zero-order valence-electron chi connectivity index (χ0n) is 11.1. The van der Waals surface area contributed by atoms with E-state index in [4.69, 9.17) is 9.84 Å². The molecule has 7 heteroatoms. The first-order valence-electron chi connectivity index (χ1n) is 6.04. The van der Waals surface area contributed by atoms with Crippen molar-refractivity contribution in [1.82, 2.24) is 4.57 Å². The highest BCUT2D eigenvalue weighted by atomic mass is 19.4. The molecule has 1 atom stereocenters. The largest absolute Gasteiger partial charge is 0.494 e. The van der Waals surface area contributed by atoms with Crippen LogP contribution in [0, 0.1) is 5.82 Å². The SMILES string of the molecule is COc1ccc(Cn2ccc(C(O)C(F)(F)F)c2)cc1F. The molecule has 0 saturated heterocycles. The normalized spacial score (nSPS) is 13.2. The second kappa shape index (κ2) is 5.77. The molecule has 0 amide bonds. The lowest BCUT2D eigenvalue weighted by Gasteiger charge is -2.12. The third kappa shape index (κ3) is 3.55. The average Bonchev–Trinajstić information content (AvgIpc) is 2.85. The summed E-state index contributed by atoms with van der Waals surface area (Å²) in [5.41, 5.74) is 0.313. The van der Waals surface area contributed by atoms with Crippen LogP contribution in [-0.2, 0) is 6.54 Å². The van der Waals surface area contributed by atoms with E-state index in [2.05, 4.69) is 0 Å². The Kier molecular flexibility index (Phi) is 4.22. The van der Waals surface area contributed by atoms with Gasteiger partial charge in [-0.05, 0) is 23.8 Å². The maximum Gasteiger partial charge on any atom is 0.418 e. The van der Waals surface area contributed by atoms with Crippen LogP contribution in [0.3, 0.4) is 0 Å². The van der Waals surface area contributed by atoms with Crippen molar-refractivity contribution in [3.63, 3.8) is 0 Å². The molecule has 0 aliphatic rings. The van der Waals surface area contributed by atoms with E-state index in [1.54, 1.807) is 6.07 Å². The van der Waals surface area contributed by atoms with Crippen LogP contribution in [0.15, 0.2) is 36.7 Å². The van der Waals surface area contributed by atoms with Gasteiger partial charge in [0.1, 0.15) is 0 Å². The van der Waals surface area contributed by atoms with Gasteiger partial charge in [-0.2, -0.15) is 13.2 Å². The fourth-order valence-corrected chi connectivity index (χ4v) is 1.93. The van der Waals surface area contributed by atoms with Crippen molar-refractivity contribution in [3.05, 3.63) is 53.6 Å². The molecule has 2 rings (SSSR count). The van der Waals surface area contributed by atoms with Gasteiger partial charge in [0.05, 0.1) is 7.11 Å². The minimum atomic E-state index is -4.71. The Morgan fingerprint density at radius 1 is 1.29 bits per heavy atom. The Morgan fingerprint density at radius 2 is 2.00 bits per heavy atom. The molecule has 1 aromatic heterocycles. The number of ether oxygens (including phenoxy) is 1. The summed E-state index contributed by atoms with van der Waals surface area (Å²) in [7, 11) is 1.34. The van der Waals surface area contributed by atoms with Crippen LogP contribution in [0.25, 0.3) is 0 Å². The second-order valence-corrected chi connectivity index (χ2v) is 4.53. The number of aliphatic hydroxyl groups is 1. The fourth-order valence-electron chi connectivity index (χ4n) is 1.93. The van der Waals surface area contributed by atoms with Gasteiger partial charge in [0.15, 0.2) is 17.7 Å². The quantitative estimate of drug-likeness (QED) is 0.880. The number of nitrogens with zero attached hydrogens (tertiary/aromatic N) is 1. The second-order valence-electron chi connectivity index (χ2n) is 4.53. The molecule has 0 saturated carbocycles. The highest BCUT2D eigenvalue weighted by Crippen LogP contribution is 2.32. The van der Waals surface area contributed by atoms with Crippen LogP contribution in [0.4, 0.5) is 17.6 Å². The van der Waals surface area contributed by atoms with Crippen LogP contribution in [-0.4, -0.2) is 23.0 Å². The number of rotatable bonds is 4. The Bertz CT molecular complexity index is 622. The van der Waals surface area contributed by atoms with E-state index in [1.807, 2.05) is 0 Å². The Balaban J connectivity index is 2.14. The van der Waals surface area contributed by atoms with Gasteiger partial charge in [0.2, 0.25) is 0 Å². The molecular formula is C14H13F4NO2. The molecule has 0 aliphatic heterocycles. The lowest BCUT2D eigenvalue weighted by atomic mass is 10.2. The van der Waals surface area contributed by atoms with E-state index in [1.165, 1.54) is 42.3 Å². The van der Waals surface area contributed by atoms with Gasteiger partial charge in [0.25, 0.3) is 0 Å². The standard InChI is InChI=1S/C14H13F4NO2/c1-21-12-3-2-9(6-11(12)15)7-19-5-4-10(8-19)13(20)14(16,17)18/h2-6,8,13,20H,7H2,1H3. The van der Waals surface area contributed by atoms with E-state index < -0.39 is 18.1 Å². The topological polar surface area (TPSA) is 34.4 Å². The summed E-state index contributed by atoms with van der Waals surface area (Å²) in [6.45, 7) is 0.186. The molecule has 0 fully saturated rings. The molecule has 0 aliphatic carbocycles. The van der Waals surface area contributed by atoms with Gasteiger partial charge in [-0.3, -0.25) is 0 Å². The lowest BCUT2D eigenvalue weighted by Crippen LogP contribution is -2.19. The van der Waals surface area contributed by atoms with Crippen LogP contribution in [0.1, 0.15) is 17.2 Å². The molecule has 21 heavy (non-hydrogen) atoms. The molecule has 1 aromatic carbocycles. The minimum Gasteiger partial charge on any atom is -0.494 e.